The van der Waals surface area contributed by atoms with Gasteiger partial charge in [-0.15, -0.1) is 11.3 Å². The standard InChI is InChI=1S/C18H22N2O2S/c1-14-7-8-17(23-14)18(22)20-11-9-19(10-12-20)13-16(21)15-5-3-2-4-6-15/h2-8,16,21H,9-13H2,1H3/t16-/m1/s1. The van der Waals surface area contributed by atoms with Crippen molar-refractivity contribution in [3.05, 3.63) is 57.8 Å². The van der Waals surface area contributed by atoms with Crippen LogP contribution in [0, 0.1) is 6.92 Å². The molecule has 1 atom stereocenters. The van der Waals surface area contributed by atoms with Crippen LogP contribution in [0.25, 0.3) is 0 Å². The SMILES string of the molecule is Cc1ccc(C(=O)N2CCN(C[C@@H](O)c3ccccc3)CC2)s1. The Labute approximate surface area is 141 Å². The maximum absolute atomic E-state index is 12.4. The number of thiophene rings is 1. The van der Waals surface area contributed by atoms with Crippen LogP contribution < -0.4 is 0 Å². The van der Waals surface area contributed by atoms with Crippen LogP contribution in [-0.4, -0.2) is 53.5 Å². The number of benzene rings is 1. The Hall–Kier alpha value is -1.69. The van der Waals surface area contributed by atoms with E-state index in [1.54, 1.807) is 11.3 Å². The molecule has 0 spiro atoms. The van der Waals surface area contributed by atoms with Crippen molar-refractivity contribution >= 4 is 17.2 Å². The highest BCUT2D eigenvalue weighted by Gasteiger charge is 2.24. The normalized spacial score (nSPS) is 17.2. The van der Waals surface area contributed by atoms with Crippen LogP contribution in [0.15, 0.2) is 42.5 Å². The molecule has 1 aliphatic rings. The van der Waals surface area contributed by atoms with Gasteiger partial charge < -0.3 is 10.0 Å². The van der Waals surface area contributed by atoms with Gasteiger partial charge in [0.15, 0.2) is 0 Å². The van der Waals surface area contributed by atoms with Crippen LogP contribution in [0.2, 0.25) is 0 Å². The molecule has 2 heterocycles. The molecule has 2 aromatic rings. The molecule has 5 heteroatoms. The van der Waals surface area contributed by atoms with E-state index < -0.39 is 6.10 Å². The van der Waals surface area contributed by atoms with Gasteiger partial charge in [0.25, 0.3) is 5.91 Å². The topological polar surface area (TPSA) is 43.8 Å². The van der Waals surface area contributed by atoms with Crippen molar-refractivity contribution in [2.45, 2.75) is 13.0 Å². The van der Waals surface area contributed by atoms with Crippen LogP contribution in [0.5, 0.6) is 0 Å². The summed E-state index contributed by atoms with van der Waals surface area (Å²) in [6.07, 6.45) is -0.474. The largest absolute Gasteiger partial charge is 0.387 e. The Morgan fingerprint density at radius 2 is 1.83 bits per heavy atom. The van der Waals surface area contributed by atoms with Crippen molar-refractivity contribution in [3.63, 3.8) is 0 Å². The molecule has 1 aromatic heterocycles. The lowest BCUT2D eigenvalue weighted by atomic mass is 10.1. The zero-order chi connectivity index (χ0) is 16.2. The lowest BCUT2D eigenvalue weighted by molar-refractivity contribution is 0.0531. The fraction of sp³-hybridized carbons (Fsp3) is 0.389. The first-order chi connectivity index (χ1) is 11.1. The number of carbonyl (C=O) groups excluding carboxylic acids is 1. The number of nitrogens with zero attached hydrogens (tertiary/aromatic N) is 2. The fourth-order valence-corrected chi connectivity index (χ4v) is 3.70. The molecule has 122 valence electrons. The van der Waals surface area contributed by atoms with E-state index in [0.717, 1.165) is 41.5 Å². The van der Waals surface area contributed by atoms with Crippen molar-refractivity contribution < 1.29 is 9.90 Å². The van der Waals surface area contributed by atoms with Gasteiger partial charge in [-0.2, -0.15) is 0 Å². The summed E-state index contributed by atoms with van der Waals surface area (Å²) >= 11 is 1.55. The summed E-state index contributed by atoms with van der Waals surface area (Å²) in [6, 6.07) is 13.6. The number of rotatable bonds is 4. The Kier molecular flexibility index (Phi) is 5.10. The summed E-state index contributed by atoms with van der Waals surface area (Å²) in [4.78, 5) is 18.6. The van der Waals surface area contributed by atoms with Gasteiger partial charge in [0.05, 0.1) is 11.0 Å². The summed E-state index contributed by atoms with van der Waals surface area (Å²) in [5, 5.41) is 10.3. The smallest absolute Gasteiger partial charge is 0.264 e. The molecule has 4 nitrogen and oxygen atoms in total. The minimum atomic E-state index is -0.474. The van der Waals surface area contributed by atoms with Crippen molar-refractivity contribution in [1.82, 2.24) is 9.80 Å². The van der Waals surface area contributed by atoms with E-state index in [0.29, 0.717) is 6.54 Å². The zero-order valence-corrected chi connectivity index (χ0v) is 14.1. The molecule has 0 unspecified atom stereocenters. The third-order valence-corrected chi connectivity index (χ3v) is 5.21. The second-order valence-electron chi connectivity index (χ2n) is 5.93. The highest BCUT2D eigenvalue weighted by molar-refractivity contribution is 7.13. The number of carbonyl (C=O) groups is 1. The number of aryl methyl sites for hydroxylation is 1. The second kappa shape index (κ2) is 7.25. The quantitative estimate of drug-likeness (QED) is 0.937. The first kappa shape index (κ1) is 16.2. The highest BCUT2D eigenvalue weighted by atomic mass is 32.1. The van der Waals surface area contributed by atoms with Crippen LogP contribution in [0.1, 0.15) is 26.2 Å². The van der Waals surface area contributed by atoms with Crippen LogP contribution in [0.4, 0.5) is 0 Å². The fourth-order valence-electron chi connectivity index (χ4n) is 2.86. The van der Waals surface area contributed by atoms with Crippen LogP contribution >= 0.6 is 11.3 Å². The maximum atomic E-state index is 12.4. The Balaban J connectivity index is 1.51. The molecular formula is C18H22N2O2S. The molecule has 0 radical (unpaired) electrons. The molecule has 1 N–H and O–H groups in total. The Morgan fingerprint density at radius 3 is 2.43 bits per heavy atom. The van der Waals surface area contributed by atoms with E-state index >= 15 is 0 Å². The van der Waals surface area contributed by atoms with Gasteiger partial charge in [0.2, 0.25) is 0 Å². The first-order valence-corrected chi connectivity index (χ1v) is 8.76. The number of β-amino-alcohol motifs (C(OH)–C–C–N with tert-alkyl or cyclic N) is 1. The first-order valence-electron chi connectivity index (χ1n) is 7.94. The summed E-state index contributed by atoms with van der Waals surface area (Å²) < 4.78 is 0. The lowest BCUT2D eigenvalue weighted by Crippen LogP contribution is -2.49. The molecule has 23 heavy (non-hydrogen) atoms. The predicted molar refractivity (Wildman–Crippen MR) is 92.8 cm³/mol. The average Bonchev–Trinajstić information content (AvgIpc) is 3.02. The van der Waals surface area contributed by atoms with Crippen molar-refractivity contribution in [2.75, 3.05) is 32.7 Å². The zero-order valence-electron chi connectivity index (χ0n) is 13.3. The van der Waals surface area contributed by atoms with E-state index in [-0.39, 0.29) is 5.91 Å². The van der Waals surface area contributed by atoms with Gasteiger partial charge in [-0.3, -0.25) is 9.69 Å². The number of amides is 1. The number of hydrogen-bond acceptors (Lipinski definition) is 4. The molecule has 1 aliphatic heterocycles. The van der Waals surface area contributed by atoms with Crippen LogP contribution in [0.3, 0.4) is 0 Å². The molecular weight excluding hydrogens is 308 g/mol. The molecule has 0 saturated carbocycles. The number of aliphatic hydroxyl groups is 1. The monoisotopic (exact) mass is 330 g/mol. The van der Waals surface area contributed by atoms with E-state index in [1.165, 1.54) is 0 Å². The molecule has 1 aromatic carbocycles. The predicted octanol–water partition coefficient (Wildman–Crippen LogP) is 2.55. The Morgan fingerprint density at radius 1 is 1.13 bits per heavy atom. The minimum Gasteiger partial charge on any atom is -0.387 e. The summed E-state index contributed by atoms with van der Waals surface area (Å²) in [7, 11) is 0. The molecule has 1 fully saturated rings. The van der Waals surface area contributed by atoms with Crippen molar-refractivity contribution in [1.29, 1.82) is 0 Å². The maximum Gasteiger partial charge on any atom is 0.264 e. The molecule has 0 aliphatic carbocycles. The van der Waals surface area contributed by atoms with E-state index in [9.17, 15) is 9.90 Å². The van der Waals surface area contributed by atoms with Crippen LogP contribution in [-0.2, 0) is 0 Å². The highest BCUT2D eigenvalue weighted by Crippen LogP contribution is 2.19. The van der Waals surface area contributed by atoms with Gasteiger partial charge in [-0.1, -0.05) is 30.3 Å². The Bertz CT molecular complexity index is 648. The van der Waals surface area contributed by atoms with Gasteiger partial charge >= 0.3 is 0 Å². The van der Waals surface area contributed by atoms with Gasteiger partial charge in [0, 0.05) is 37.6 Å². The third-order valence-electron chi connectivity index (χ3n) is 4.23. The molecule has 0 bridgehead atoms. The summed E-state index contributed by atoms with van der Waals surface area (Å²) in [6.45, 7) is 5.68. The minimum absolute atomic E-state index is 0.131. The van der Waals surface area contributed by atoms with Crippen molar-refractivity contribution in [3.8, 4) is 0 Å². The van der Waals surface area contributed by atoms with Gasteiger partial charge in [-0.25, -0.2) is 0 Å². The van der Waals surface area contributed by atoms with Gasteiger partial charge in [0.1, 0.15) is 0 Å². The number of piperazine rings is 1. The van der Waals surface area contributed by atoms with E-state index in [1.807, 2.05) is 54.3 Å². The summed E-state index contributed by atoms with van der Waals surface area (Å²) in [5.74, 6) is 0.131. The van der Waals surface area contributed by atoms with Gasteiger partial charge in [-0.05, 0) is 24.6 Å². The molecule has 3 rings (SSSR count). The van der Waals surface area contributed by atoms with E-state index in [4.69, 9.17) is 0 Å². The average molecular weight is 330 g/mol. The third kappa shape index (κ3) is 3.99. The lowest BCUT2D eigenvalue weighted by Gasteiger charge is -2.35. The van der Waals surface area contributed by atoms with Crippen molar-refractivity contribution in [2.24, 2.45) is 0 Å². The second-order valence-corrected chi connectivity index (χ2v) is 7.22. The summed E-state index contributed by atoms with van der Waals surface area (Å²) in [5.41, 5.74) is 0.945. The molecule has 1 saturated heterocycles. The number of hydrogen-bond donors (Lipinski definition) is 1. The number of aliphatic hydroxyl groups excluding tert-OH is 1. The molecule has 1 amide bonds. The van der Waals surface area contributed by atoms with E-state index in [2.05, 4.69) is 4.90 Å².